The topological polar surface area (TPSA) is 40.5 Å². The van der Waals surface area contributed by atoms with E-state index in [1.165, 1.54) is 44.2 Å². The normalized spacial score (nSPS) is 26.4. The standard InChI is InChI=1S/C17H23NO2/c19-17(20)11-14-5-1-2-6-15(14)12-18-10-4-8-13-7-3-9-16(13)18/h1-2,5-6,13,16H,3-4,7-12H2,(H,19,20). The van der Waals surface area contributed by atoms with Crippen molar-refractivity contribution in [3.63, 3.8) is 0 Å². The molecule has 1 aliphatic carbocycles. The summed E-state index contributed by atoms with van der Waals surface area (Å²) in [5.41, 5.74) is 2.17. The molecule has 1 N–H and O–H groups in total. The zero-order chi connectivity index (χ0) is 13.9. The fourth-order valence-corrected chi connectivity index (χ4v) is 4.02. The van der Waals surface area contributed by atoms with Crippen LogP contribution in [0.4, 0.5) is 0 Å². The Kier molecular flexibility index (Phi) is 4.06. The minimum absolute atomic E-state index is 0.137. The van der Waals surface area contributed by atoms with Crippen molar-refractivity contribution < 1.29 is 9.90 Å². The van der Waals surface area contributed by atoms with Crippen molar-refractivity contribution in [3.8, 4) is 0 Å². The summed E-state index contributed by atoms with van der Waals surface area (Å²) < 4.78 is 0. The lowest BCUT2D eigenvalue weighted by molar-refractivity contribution is -0.136. The number of hydrogen-bond donors (Lipinski definition) is 1. The molecule has 1 aromatic rings. The first kappa shape index (κ1) is 13.6. The van der Waals surface area contributed by atoms with E-state index in [0.717, 1.165) is 24.1 Å². The highest BCUT2D eigenvalue weighted by atomic mass is 16.4. The van der Waals surface area contributed by atoms with Gasteiger partial charge in [-0.1, -0.05) is 30.7 Å². The largest absolute Gasteiger partial charge is 0.481 e. The maximum Gasteiger partial charge on any atom is 0.307 e. The van der Waals surface area contributed by atoms with E-state index in [1.807, 2.05) is 18.2 Å². The van der Waals surface area contributed by atoms with Crippen LogP contribution in [0, 0.1) is 5.92 Å². The van der Waals surface area contributed by atoms with Gasteiger partial charge >= 0.3 is 5.97 Å². The Morgan fingerprint density at radius 1 is 1.15 bits per heavy atom. The lowest BCUT2D eigenvalue weighted by Gasteiger charge is -2.38. The maximum atomic E-state index is 11.0. The Bertz CT molecular complexity index is 486. The third-order valence-corrected chi connectivity index (χ3v) is 4.94. The molecule has 2 aliphatic rings. The molecule has 2 atom stereocenters. The molecule has 0 bridgehead atoms. The van der Waals surface area contributed by atoms with Gasteiger partial charge in [-0.15, -0.1) is 0 Å². The van der Waals surface area contributed by atoms with Crippen LogP contribution in [0.25, 0.3) is 0 Å². The van der Waals surface area contributed by atoms with E-state index < -0.39 is 5.97 Å². The first-order chi connectivity index (χ1) is 9.74. The van der Waals surface area contributed by atoms with Gasteiger partial charge in [-0.25, -0.2) is 0 Å². The molecule has 1 saturated heterocycles. The summed E-state index contributed by atoms with van der Waals surface area (Å²) in [5, 5.41) is 9.03. The Labute approximate surface area is 120 Å². The van der Waals surface area contributed by atoms with Gasteiger partial charge in [0.15, 0.2) is 0 Å². The monoisotopic (exact) mass is 273 g/mol. The lowest BCUT2D eigenvalue weighted by atomic mass is 9.91. The van der Waals surface area contributed by atoms with E-state index in [0.29, 0.717) is 0 Å². The van der Waals surface area contributed by atoms with Crippen LogP contribution < -0.4 is 0 Å². The first-order valence-electron chi connectivity index (χ1n) is 7.76. The van der Waals surface area contributed by atoms with Gasteiger partial charge in [-0.3, -0.25) is 9.69 Å². The molecule has 1 aliphatic heterocycles. The van der Waals surface area contributed by atoms with E-state index in [-0.39, 0.29) is 6.42 Å². The summed E-state index contributed by atoms with van der Waals surface area (Å²) in [7, 11) is 0. The number of fused-ring (bicyclic) bond motifs is 1. The van der Waals surface area contributed by atoms with Crippen LogP contribution in [0.2, 0.25) is 0 Å². The number of carboxylic acid groups (broad SMARTS) is 1. The third-order valence-electron chi connectivity index (χ3n) is 4.94. The van der Waals surface area contributed by atoms with Crippen LogP contribution in [-0.4, -0.2) is 28.6 Å². The molecule has 3 nitrogen and oxygen atoms in total. The average Bonchev–Trinajstić information content (AvgIpc) is 2.90. The molecule has 1 saturated carbocycles. The van der Waals surface area contributed by atoms with E-state index >= 15 is 0 Å². The van der Waals surface area contributed by atoms with Gasteiger partial charge in [0.2, 0.25) is 0 Å². The van der Waals surface area contributed by atoms with Crippen molar-refractivity contribution in [2.24, 2.45) is 5.92 Å². The van der Waals surface area contributed by atoms with E-state index in [4.69, 9.17) is 5.11 Å². The Morgan fingerprint density at radius 3 is 2.70 bits per heavy atom. The van der Waals surface area contributed by atoms with Crippen LogP contribution >= 0.6 is 0 Å². The second-order valence-corrected chi connectivity index (χ2v) is 6.21. The smallest absolute Gasteiger partial charge is 0.307 e. The molecule has 0 amide bonds. The number of benzene rings is 1. The van der Waals surface area contributed by atoms with Crippen LogP contribution in [0.3, 0.4) is 0 Å². The Balaban J connectivity index is 1.75. The maximum absolute atomic E-state index is 11.0. The van der Waals surface area contributed by atoms with Crippen molar-refractivity contribution in [1.82, 2.24) is 4.90 Å². The quantitative estimate of drug-likeness (QED) is 0.916. The summed E-state index contributed by atoms with van der Waals surface area (Å²) in [6.45, 7) is 2.09. The lowest BCUT2D eigenvalue weighted by Crippen LogP contribution is -2.42. The van der Waals surface area contributed by atoms with Gasteiger partial charge in [0, 0.05) is 12.6 Å². The Hall–Kier alpha value is -1.35. The summed E-state index contributed by atoms with van der Waals surface area (Å²) in [6, 6.07) is 8.75. The van der Waals surface area contributed by atoms with Gasteiger partial charge in [-0.2, -0.15) is 0 Å². The van der Waals surface area contributed by atoms with Crippen LogP contribution in [0.15, 0.2) is 24.3 Å². The summed E-state index contributed by atoms with van der Waals surface area (Å²) in [5.74, 6) is 0.144. The molecule has 2 fully saturated rings. The number of aliphatic carboxylic acids is 1. The molecule has 1 heterocycles. The van der Waals surface area contributed by atoms with Gasteiger partial charge in [0.05, 0.1) is 6.42 Å². The fourth-order valence-electron chi connectivity index (χ4n) is 4.02. The van der Waals surface area contributed by atoms with E-state index in [1.54, 1.807) is 0 Å². The van der Waals surface area contributed by atoms with Crippen LogP contribution in [0.1, 0.15) is 43.2 Å². The summed E-state index contributed by atoms with van der Waals surface area (Å²) in [4.78, 5) is 13.6. The van der Waals surface area contributed by atoms with Crippen molar-refractivity contribution in [2.75, 3.05) is 6.54 Å². The number of carboxylic acids is 1. The minimum atomic E-state index is -0.741. The first-order valence-corrected chi connectivity index (χ1v) is 7.76. The van der Waals surface area contributed by atoms with Gasteiger partial charge in [0.25, 0.3) is 0 Å². The van der Waals surface area contributed by atoms with Crippen molar-refractivity contribution in [3.05, 3.63) is 35.4 Å². The average molecular weight is 273 g/mol. The van der Waals surface area contributed by atoms with Crippen molar-refractivity contribution in [1.29, 1.82) is 0 Å². The number of rotatable bonds is 4. The highest BCUT2D eigenvalue weighted by molar-refractivity contribution is 5.70. The van der Waals surface area contributed by atoms with E-state index in [2.05, 4.69) is 11.0 Å². The molecule has 3 rings (SSSR count). The van der Waals surface area contributed by atoms with Crippen molar-refractivity contribution >= 4 is 5.97 Å². The molecule has 0 spiro atoms. The fraction of sp³-hybridized carbons (Fsp3) is 0.588. The molecular weight excluding hydrogens is 250 g/mol. The number of nitrogens with zero attached hydrogens (tertiary/aromatic N) is 1. The molecular formula is C17H23NO2. The Morgan fingerprint density at radius 2 is 1.90 bits per heavy atom. The highest BCUT2D eigenvalue weighted by Crippen LogP contribution is 2.37. The van der Waals surface area contributed by atoms with Gasteiger partial charge < -0.3 is 5.11 Å². The molecule has 0 radical (unpaired) electrons. The van der Waals surface area contributed by atoms with Crippen LogP contribution in [0.5, 0.6) is 0 Å². The summed E-state index contributed by atoms with van der Waals surface area (Å²) >= 11 is 0. The third kappa shape index (κ3) is 2.88. The second-order valence-electron chi connectivity index (χ2n) is 6.21. The molecule has 2 unspecified atom stereocenters. The van der Waals surface area contributed by atoms with Gasteiger partial charge in [-0.05, 0) is 49.3 Å². The number of piperidine rings is 1. The van der Waals surface area contributed by atoms with Crippen molar-refractivity contribution in [2.45, 2.75) is 51.1 Å². The van der Waals surface area contributed by atoms with Gasteiger partial charge in [0.1, 0.15) is 0 Å². The number of likely N-dealkylation sites (tertiary alicyclic amines) is 1. The molecule has 20 heavy (non-hydrogen) atoms. The molecule has 0 aromatic heterocycles. The molecule has 3 heteroatoms. The predicted molar refractivity (Wildman–Crippen MR) is 78.6 cm³/mol. The summed E-state index contributed by atoms with van der Waals surface area (Å²) in [6.07, 6.45) is 6.89. The molecule has 108 valence electrons. The number of hydrogen-bond acceptors (Lipinski definition) is 2. The predicted octanol–water partition coefficient (Wildman–Crippen LogP) is 3.08. The second kappa shape index (κ2) is 5.96. The van der Waals surface area contributed by atoms with E-state index in [9.17, 15) is 4.79 Å². The SMILES string of the molecule is O=C(O)Cc1ccccc1CN1CCCC2CCCC21. The van der Waals surface area contributed by atoms with Crippen LogP contribution in [-0.2, 0) is 17.8 Å². The zero-order valence-electron chi connectivity index (χ0n) is 11.9. The zero-order valence-corrected chi connectivity index (χ0v) is 11.9. The molecule has 1 aromatic carbocycles. The highest BCUT2D eigenvalue weighted by Gasteiger charge is 2.34. The minimum Gasteiger partial charge on any atom is -0.481 e. The number of carbonyl (C=O) groups is 1.